The molecule has 0 spiro atoms. The molecular formula is C17H18OS3. The van der Waals surface area contributed by atoms with E-state index in [1.807, 2.05) is 34.7 Å². The molecular weight excluding hydrogens is 316 g/mol. The van der Waals surface area contributed by atoms with E-state index in [2.05, 4.69) is 53.9 Å². The van der Waals surface area contributed by atoms with E-state index >= 15 is 0 Å². The summed E-state index contributed by atoms with van der Waals surface area (Å²) in [4.78, 5) is 1.27. The van der Waals surface area contributed by atoms with Crippen molar-refractivity contribution >= 4 is 33.3 Å². The standard InChI is InChI=1S/C17H18OS3/c1-18-16-8-10-17(11-9-16)19-12-5-13-20-21-14-15-6-3-2-4-7-15/h2-11,13H,12,14H2,1H3/b13-5+. The van der Waals surface area contributed by atoms with E-state index in [9.17, 15) is 0 Å². The zero-order valence-electron chi connectivity index (χ0n) is 11.9. The summed E-state index contributed by atoms with van der Waals surface area (Å²) in [6.07, 6.45) is 2.21. The second kappa shape index (κ2) is 9.87. The van der Waals surface area contributed by atoms with Crippen LogP contribution in [0.25, 0.3) is 0 Å². The molecule has 0 amide bonds. The Kier molecular flexibility index (Phi) is 7.71. The third-order valence-corrected chi connectivity index (χ3v) is 5.64. The van der Waals surface area contributed by atoms with Crippen molar-refractivity contribution in [3.63, 3.8) is 0 Å². The predicted molar refractivity (Wildman–Crippen MR) is 98.2 cm³/mol. The molecule has 0 N–H and O–H groups in total. The Balaban J connectivity index is 1.59. The molecule has 2 rings (SSSR count). The lowest BCUT2D eigenvalue weighted by Crippen LogP contribution is -1.81. The number of benzene rings is 2. The predicted octanol–water partition coefficient (Wildman–Crippen LogP) is 5.88. The van der Waals surface area contributed by atoms with Crippen molar-refractivity contribution < 1.29 is 4.74 Å². The molecule has 4 heteroatoms. The second-order valence-corrected chi connectivity index (χ2v) is 7.57. The van der Waals surface area contributed by atoms with Crippen molar-refractivity contribution in [3.8, 4) is 5.75 Å². The summed E-state index contributed by atoms with van der Waals surface area (Å²) in [5.41, 5.74) is 1.37. The molecule has 2 aromatic carbocycles. The van der Waals surface area contributed by atoms with Crippen molar-refractivity contribution in [3.05, 3.63) is 71.6 Å². The maximum atomic E-state index is 5.15. The number of methoxy groups -OCH3 is 1. The van der Waals surface area contributed by atoms with Gasteiger partial charge in [0.05, 0.1) is 7.11 Å². The van der Waals surface area contributed by atoms with Crippen LogP contribution in [0.15, 0.2) is 71.0 Å². The summed E-state index contributed by atoms with van der Waals surface area (Å²) >= 11 is 1.83. The number of hydrogen-bond acceptors (Lipinski definition) is 4. The Morgan fingerprint density at radius 1 is 1.00 bits per heavy atom. The molecule has 21 heavy (non-hydrogen) atoms. The van der Waals surface area contributed by atoms with Crippen LogP contribution in [0.2, 0.25) is 0 Å². The fourth-order valence-electron chi connectivity index (χ4n) is 1.61. The van der Waals surface area contributed by atoms with Crippen molar-refractivity contribution in [2.75, 3.05) is 12.9 Å². The molecule has 1 nitrogen and oxygen atoms in total. The molecule has 0 aliphatic carbocycles. The van der Waals surface area contributed by atoms with Crippen LogP contribution in [-0.4, -0.2) is 12.9 Å². The third-order valence-electron chi connectivity index (χ3n) is 2.69. The fourth-order valence-corrected chi connectivity index (χ4v) is 4.18. The second-order valence-electron chi connectivity index (χ2n) is 4.20. The Morgan fingerprint density at radius 2 is 1.76 bits per heavy atom. The molecule has 0 atom stereocenters. The molecule has 0 fully saturated rings. The van der Waals surface area contributed by atoms with Crippen molar-refractivity contribution in [2.45, 2.75) is 10.6 Å². The monoisotopic (exact) mass is 334 g/mol. The molecule has 0 saturated carbocycles. The minimum atomic E-state index is 0.905. The van der Waals surface area contributed by atoms with Gasteiger partial charge in [0, 0.05) is 16.4 Å². The average Bonchev–Trinajstić information content (AvgIpc) is 2.55. The SMILES string of the molecule is COc1ccc(SC/C=C/SSCc2ccccc2)cc1. The van der Waals surface area contributed by atoms with Crippen LogP contribution < -0.4 is 4.74 Å². The summed E-state index contributed by atoms with van der Waals surface area (Å²) in [6.45, 7) is 0. The number of thioether (sulfide) groups is 1. The van der Waals surface area contributed by atoms with Gasteiger partial charge in [-0.25, -0.2) is 0 Å². The van der Waals surface area contributed by atoms with Gasteiger partial charge >= 0.3 is 0 Å². The zero-order valence-corrected chi connectivity index (χ0v) is 14.3. The van der Waals surface area contributed by atoms with Crippen LogP contribution >= 0.6 is 33.3 Å². The van der Waals surface area contributed by atoms with Gasteiger partial charge in [-0.1, -0.05) is 58.0 Å². The summed E-state index contributed by atoms with van der Waals surface area (Å²) in [6, 6.07) is 18.7. The largest absolute Gasteiger partial charge is 0.497 e. The van der Waals surface area contributed by atoms with Crippen LogP contribution in [0.5, 0.6) is 5.75 Å². The quantitative estimate of drug-likeness (QED) is 0.338. The van der Waals surface area contributed by atoms with E-state index in [0.29, 0.717) is 0 Å². The highest BCUT2D eigenvalue weighted by Crippen LogP contribution is 2.27. The first-order valence-corrected chi connectivity index (χ1v) is 9.99. The van der Waals surface area contributed by atoms with E-state index < -0.39 is 0 Å². The van der Waals surface area contributed by atoms with E-state index in [1.54, 1.807) is 17.9 Å². The van der Waals surface area contributed by atoms with E-state index in [4.69, 9.17) is 4.74 Å². The van der Waals surface area contributed by atoms with Crippen LogP contribution in [0.3, 0.4) is 0 Å². The Labute approximate surface area is 139 Å². The molecule has 0 unspecified atom stereocenters. The number of ether oxygens (including phenoxy) is 1. The topological polar surface area (TPSA) is 9.23 Å². The highest BCUT2D eigenvalue weighted by atomic mass is 33.1. The van der Waals surface area contributed by atoms with Gasteiger partial charge in [-0.2, -0.15) is 0 Å². The van der Waals surface area contributed by atoms with E-state index in [-0.39, 0.29) is 0 Å². The number of hydrogen-bond donors (Lipinski definition) is 0. The average molecular weight is 335 g/mol. The highest BCUT2D eigenvalue weighted by Gasteiger charge is 1.94. The fraction of sp³-hybridized carbons (Fsp3) is 0.176. The van der Waals surface area contributed by atoms with Crippen LogP contribution in [-0.2, 0) is 5.75 Å². The first kappa shape index (κ1) is 16.4. The molecule has 0 aliphatic heterocycles. The summed E-state index contributed by atoms with van der Waals surface area (Å²) in [7, 11) is 5.34. The van der Waals surface area contributed by atoms with Crippen molar-refractivity contribution in [1.29, 1.82) is 0 Å². The number of rotatable bonds is 8. The van der Waals surface area contributed by atoms with Gasteiger partial charge in [-0.05, 0) is 35.2 Å². The summed E-state index contributed by atoms with van der Waals surface area (Å²) in [5.74, 6) is 2.94. The Morgan fingerprint density at radius 3 is 2.48 bits per heavy atom. The summed E-state index contributed by atoms with van der Waals surface area (Å²) in [5, 5.41) is 2.17. The molecule has 0 bridgehead atoms. The van der Waals surface area contributed by atoms with Gasteiger partial charge in [0.15, 0.2) is 0 Å². The molecule has 0 aliphatic rings. The lowest BCUT2D eigenvalue weighted by atomic mass is 10.2. The molecule has 0 aromatic heterocycles. The molecule has 0 saturated heterocycles. The Hall–Kier alpha value is -0.970. The highest BCUT2D eigenvalue weighted by molar-refractivity contribution is 8.77. The van der Waals surface area contributed by atoms with E-state index in [1.165, 1.54) is 10.5 Å². The van der Waals surface area contributed by atoms with Crippen molar-refractivity contribution in [2.24, 2.45) is 0 Å². The lowest BCUT2D eigenvalue weighted by molar-refractivity contribution is 0.414. The van der Waals surface area contributed by atoms with Crippen molar-refractivity contribution in [1.82, 2.24) is 0 Å². The lowest BCUT2D eigenvalue weighted by Gasteiger charge is -2.01. The summed E-state index contributed by atoms with van der Waals surface area (Å²) < 4.78 is 5.15. The molecule has 0 heterocycles. The van der Waals surface area contributed by atoms with E-state index in [0.717, 1.165) is 17.3 Å². The molecule has 2 aromatic rings. The van der Waals surface area contributed by atoms with Gasteiger partial charge in [0.25, 0.3) is 0 Å². The Bertz CT molecular complexity index is 538. The van der Waals surface area contributed by atoms with Crippen LogP contribution in [0.4, 0.5) is 0 Å². The van der Waals surface area contributed by atoms with Gasteiger partial charge in [0.1, 0.15) is 5.75 Å². The zero-order chi connectivity index (χ0) is 14.8. The smallest absolute Gasteiger partial charge is 0.118 e. The maximum Gasteiger partial charge on any atom is 0.118 e. The first-order valence-electron chi connectivity index (χ1n) is 6.62. The minimum absolute atomic E-state index is 0.905. The van der Waals surface area contributed by atoms with Gasteiger partial charge in [-0.3, -0.25) is 0 Å². The minimum Gasteiger partial charge on any atom is -0.497 e. The normalized spacial score (nSPS) is 10.9. The molecule has 0 radical (unpaired) electrons. The van der Waals surface area contributed by atoms with Crippen LogP contribution in [0, 0.1) is 0 Å². The van der Waals surface area contributed by atoms with Gasteiger partial charge in [-0.15, -0.1) is 11.8 Å². The first-order chi connectivity index (χ1) is 10.4. The van der Waals surface area contributed by atoms with Crippen LogP contribution in [0.1, 0.15) is 5.56 Å². The molecule has 110 valence electrons. The van der Waals surface area contributed by atoms with Gasteiger partial charge < -0.3 is 4.74 Å². The van der Waals surface area contributed by atoms with Gasteiger partial charge in [0.2, 0.25) is 0 Å². The maximum absolute atomic E-state index is 5.15. The third kappa shape index (κ3) is 6.55.